The van der Waals surface area contributed by atoms with Gasteiger partial charge in [0.1, 0.15) is 22.8 Å². The molecule has 0 aliphatic carbocycles. The monoisotopic (exact) mass is 385 g/mol. The van der Waals surface area contributed by atoms with Crippen LogP contribution in [0.15, 0.2) is 30.6 Å². The fourth-order valence-corrected chi connectivity index (χ4v) is 4.29. The van der Waals surface area contributed by atoms with E-state index in [1.807, 2.05) is 6.92 Å². The second kappa shape index (κ2) is 7.21. The van der Waals surface area contributed by atoms with Gasteiger partial charge in [0, 0.05) is 31.9 Å². The predicted molar refractivity (Wildman–Crippen MR) is 106 cm³/mol. The Morgan fingerprint density at radius 1 is 1.15 bits per heavy atom. The molecule has 0 unspecified atom stereocenters. The summed E-state index contributed by atoms with van der Waals surface area (Å²) in [6.45, 7) is 5.69. The Morgan fingerprint density at radius 2 is 1.85 bits per heavy atom. The summed E-state index contributed by atoms with van der Waals surface area (Å²) in [5, 5.41) is 3.77. The Kier molecular flexibility index (Phi) is 4.75. The zero-order valence-corrected chi connectivity index (χ0v) is 16.0. The van der Waals surface area contributed by atoms with E-state index in [4.69, 9.17) is 0 Å². The van der Waals surface area contributed by atoms with Crippen molar-refractivity contribution in [3.8, 4) is 0 Å². The van der Waals surface area contributed by atoms with Crippen molar-refractivity contribution in [2.75, 3.05) is 43.4 Å². The molecule has 1 N–H and O–H groups in total. The average Bonchev–Trinajstić information content (AvgIpc) is 3.01. The van der Waals surface area contributed by atoms with E-state index in [0.29, 0.717) is 10.6 Å². The standard InChI is InChI=1S/C19H20FN5OS/c1-12-15-17(25-9-7-24(2)8-10-25)21-11-22-19(15)27-16(12)18(26)23-14-5-3-13(20)4-6-14/h3-6,11H,7-10H2,1-2H3,(H,23,26). The molecule has 1 aliphatic heterocycles. The molecule has 0 spiro atoms. The van der Waals surface area contributed by atoms with Crippen molar-refractivity contribution in [1.29, 1.82) is 0 Å². The number of anilines is 2. The topological polar surface area (TPSA) is 61.4 Å². The minimum atomic E-state index is -0.335. The van der Waals surface area contributed by atoms with Gasteiger partial charge in [-0.3, -0.25) is 4.79 Å². The number of carbonyl (C=O) groups excluding carboxylic acids is 1. The first kappa shape index (κ1) is 17.8. The Bertz CT molecular complexity index is 980. The van der Waals surface area contributed by atoms with E-state index in [9.17, 15) is 9.18 Å². The van der Waals surface area contributed by atoms with E-state index >= 15 is 0 Å². The van der Waals surface area contributed by atoms with Crippen LogP contribution in [0.5, 0.6) is 0 Å². The van der Waals surface area contributed by atoms with Crippen molar-refractivity contribution < 1.29 is 9.18 Å². The quantitative estimate of drug-likeness (QED) is 0.751. The number of piperazine rings is 1. The number of hydrogen-bond donors (Lipinski definition) is 1. The van der Waals surface area contributed by atoms with E-state index in [0.717, 1.165) is 47.8 Å². The third kappa shape index (κ3) is 3.50. The molecule has 3 aromatic rings. The summed E-state index contributed by atoms with van der Waals surface area (Å²) < 4.78 is 13.1. The van der Waals surface area contributed by atoms with Gasteiger partial charge in [-0.05, 0) is 43.8 Å². The van der Waals surface area contributed by atoms with Crippen molar-refractivity contribution in [2.24, 2.45) is 0 Å². The Labute approximate surface area is 160 Å². The van der Waals surface area contributed by atoms with Gasteiger partial charge in [-0.1, -0.05) is 0 Å². The van der Waals surface area contributed by atoms with Gasteiger partial charge in [-0.2, -0.15) is 0 Å². The molecule has 1 fully saturated rings. The number of rotatable bonds is 3. The third-order valence-electron chi connectivity index (χ3n) is 4.82. The normalized spacial score (nSPS) is 15.3. The van der Waals surface area contributed by atoms with Gasteiger partial charge in [0.2, 0.25) is 0 Å². The number of halogens is 1. The summed E-state index contributed by atoms with van der Waals surface area (Å²) in [7, 11) is 2.11. The number of thiophene rings is 1. The number of likely N-dealkylation sites (N-methyl/N-ethyl adjacent to an activating group) is 1. The molecule has 6 nitrogen and oxygen atoms in total. The van der Waals surface area contributed by atoms with Crippen molar-refractivity contribution in [1.82, 2.24) is 14.9 Å². The number of nitrogens with zero attached hydrogens (tertiary/aromatic N) is 4. The van der Waals surface area contributed by atoms with Crippen LogP contribution in [0.3, 0.4) is 0 Å². The number of hydrogen-bond acceptors (Lipinski definition) is 6. The van der Waals surface area contributed by atoms with Crippen LogP contribution in [-0.2, 0) is 0 Å². The van der Waals surface area contributed by atoms with Crippen LogP contribution in [0.25, 0.3) is 10.2 Å². The predicted octanol–water partition coefficient (Wildman–Crippen LogP) is 3.14. The molecule has 2 aromatic heterocycles. The number of aromatic nitrogens is 2. The van der Waals surface area contributed by atoms with Crippen LogP contribution < -0.4 is 10.2 Å². The molecule has 0 atom stereocenters. The first-order valence-corrected chi connectivity index (χ1v) is 9.59. The van der Waals surface area contributed by atoms with Crippen molar-refractivity contribution in [2.45, 2.75) is 6.92 Å². The van der Waals surface area contributed by atoms with Gasteiger partial charge in [0.25, 0.3) is 5.91 Å². The molecule has 3 heterocycles. The number of benzene rings is 1. The van der Waals surface area contributed by atoms with Crippen LogP contribution in [-0.4, -0.2) is 54.0 Å². The minimum absolute atomic E-state index is 0.216. The lowest BCUT2D eigenvalue weighted by molar-refractivity contribution is 0.103. The molecule has 1 aromatic carbocycles. The highest BCUT2D eigenvalue weighted by Crippen LogP contribution is 2.35. The summed E-state index contributed by atoms with van der Waals surface area (Å²) in [6.07, 6.45) is 1.56. The summed E-state index contributed by atoms with van der Waals surface area (Å²) in [5.74, 6) is 0.340. The molecule has 1 aliphatic rings. The number of fused-ring (bicyclic) bond motifs is 1. The van der Waals surface area contributed by atoms with Gasteiger partial charge >= 0.3 is 0 Å². The van der Waals surface area contributed by atoms with Gasteiger partial charge in [-0.25, -0.2) is 14.4 Å². The first-order chi connectivity index (χ1) is 13.0. The largest absolute Gasteiger partial charge is 0.353 e. The maximum atomic E-state index is 13.1. The summed E-state index contributed by atoms with van der Waals surface area (Å²) in [5.41, 5.74) is 1.44. The van der Waals surface area contributed by atoms with E-state index in [2.05, 4.69) is 32.1 Å². The molecule has 140 valence electrons. The zero-order chi connectivity index (χ0) is 19.0. The second-order valence-electron chi connectivity index (χ2n) is 6.68. The summed E-state index contributed by atoms with van der Waals surface area (Å²) >= 11 is 1.36. The molecular weight excluding hydrogens is 365 g/mol. The Hall–Kier alpha value is -2.58. The highest BCUT2D eigenvalue weighted by atomic mass is 32.1. The third-order valence-corrected chi connectivity index (χ3v) is 6.02. The molecule has 0 radical (unpaired) electrons. The van der Waals surface area contributed by atoms with E-state index in [1.165, 1.54) is 23.5 Å². The number of nitrogens with one attached hydrogen (secondary N) is 1. The van der Waals surface area contributed by atoms with Crippen LogP contribution in [0.4, 0.5) is 15.9 Å². The highest BCUT2D eigenvalue weighted by Gasteiger charge is 2.23. The maximum Gasteiger partial charge on any atom is 0.266 e. The zero-order valence-electron chi connectivity index (χ0n) is 15.2. The smallest absolute Gasteiger partial charge is 0.266 e. The van der Waals surface area contributed by atoms with Crippen molar-refractivity contribution in [3.63, 3.8) is 0 Å². The molecule has 1 saturated heterocycles. The molecule has 0 saturated carbocycles. The van der Waals surface area contributed by atoms with E-state index < -0.39 is 0 Å². The van der Waals surface area contributed by atoms with Gasteiger partial charge < -0.3 is 15.1 Å². The number of aryl methyl sites for hydroxylation is 1. The van der Waals surface area contributed by atoms with Crippen molar-refractivity contribution >= 4 is 39.0 Å². The van der Waals surface area contributed by atoms with E-state index in [1.54, 1.807) is 18.5 Å². The van der Waals surface area contributed by atoms with Gasteiger partial charge in [0.15, 0.2) is 0 Å². The first-order valence-electron chi connectivity index (χ1n) is 8.77. The lowest BCUT2D eigenvalue weighted by atomic mass is 10.1. The van der Waals surface area contributed by atoms with Crippen LogP contribution in [0.1, 0.15) is 15.2 Å². The maximum absolute atomic E-state index is 13.1. The van der Waals surface area contributed by atoms with Gasteiger partial charge in [0.05, 0.1) is 10.3 Å². The average molecular weight is 385 g/mol. The second-order valence-corrected chi connectivity index (χ2v) is 7.68. The Morgan fingerprint density at radius 3 is 2.56 bits per heavy atom. The summed E-state index contributed by atoms with van der Waals surface area (Å²) in [4.78, 5) is 27.6. The number of carbonyl (C=O) groups is 1. The fourth-order valence-electron chi connectivity index (χ4n) is 3.25. The molecule has 27 heavy (non-hydrogen) atoms. The molecule has 4 rings (SSSR count). The van der Waals surface area contributed by atoms with Crippen molar-refractivity contribution in [3.05, 3.63) is 46.9 Å². The fraction of sp³-hybridized carbons (Fsp3) is 0.316. The van der Waals surface area contributed by atoms with Crippen LogP contribution >= 0.6 is 11.3 Å². The van der Waals surface area contributed by atoms with Gasteiger partial charge in [-0.15, -0.1) is 11.3 Å². The van der Waals surface area contributed by atoms with E-state index in [-0.39, 0.29) is 11.7 Å². The SMILES string of the molecule is Cc1c(C(=O)Nc2ccc(F)cc2)sc2ncnc(N3CCN(C)CC3)c12. The minimum Gasteiger partial charge on any atom is -0.353 e. The Balaban J connectivity index is 1.66. The lowest BCUT2D eigenvalue weighted by Crippen LogP contribution is -2.44. The lowest BCUT2D eigenvalue weighted by Gasteiger charge is -2.33. The summed E-state index contributed by atoms with van der Waals surface area (Å²) in [6, 6.07) is 5.74. The number of amides is 1. The highest BCUT2D eigenvalue weighted by molar-refractivity contribution is 7.20. The molecule has 1 amide bonds. The molecular formula is C19H20FN5OS. The van der Waals surface area contributed by atoms with Crippen LogP contribution in [0, 0.1) is 12.7 Å². The van der Waals surface area contributed by atoms with Crippen LogP contribution in [0.2, 0.25) is 0 Å². The molecule has 8 heteroatoms. The molecule has 0 bridgehead atoms.